The van der Waals surface area contributed by atoms with E-state index in [0.29, 0.717) is 0 Å². The van der Waals surface area contributed by atoms with E-state index in [4.69, 9.17) is 16.8 Å². The van der Waals surface area contributed by atoms with Crippen molar-refractivity contribution in [2.75, 3.05) is 0 Å². The quantitative estimate of drug-likeness (QED) is 0.339. The molecule has 2 heterocycles. The summed E-state index contributed by atoms with van der Waals surface area (Å²) in [5.41, 5.74) is 1.96. The van der Waals surface area contributed by atoms with Crippen molar-refractivity contribution in [2.45, 2.75) is 10.8 Å². The molecule has 0 fully saturated rings. The number of imidazole rings is 1. The van der Waals surface area contributed by atoms with Crippen molar-refractivity contribution in [1.29, 1.82) is 0 Å². The van der Waals surface area contributed by atoms with E-state index in [2.05, 4.69) is 10.1 Å². The van der Waals surface area contributed by atoms with Crippen molar-refractivity contribution in [1.82, 2.24) is 9.38 Å². The summed E-state index contributed by atoms with van der Waals surface area (Å²) in [6, 6.07) is 7.74. The third-order valence-electron chi connectivity index (χ3n) is 2.73. The van der Waals surface area contributed by atoms with Gasteiger partial charge in [-0.25, -0.2) is 4.98 Å². The Labute approximate surface area is 128 Å². The first-order chi connectivity index (χ1) is 9.78. The van der Waals surface area contributed by atoms with E-state index in [1.807, 2.05) is 40.2 Å². The van der Waals surface area contributed by atoms with Gasteiger partial charge in [0.05, 0.1) is 6.21 Å². The molecule has 0 bridgehead atoms. The summed E-state index contributed by atoms with van der Waals surface area (Å²) >= 11 is 9.02. The highest BCUT2D eigenvalue weighted by Crippen LogP contribution is 2.28. The highest BCUT2D eigenvalue weighted by molar-refractivity contribution is 7.98. The SMILES string of the molecule is O/N=C/c1c(SCc2ccc(Cl)cc2)nc2sccn12. The van der Waals surface area contributed by atoms with Crippen LogP contribution in [0.15, 0.2) is 46.0 Å². The van der Waals surface area contributed by atoms with Crippen LogP contribution in [0.5, 0.6) is 0 Å². The van der Waals surface area contributed by atoms with Crippen LogP contribution in [0.4, 0.5) is 0 Å². The Morgan fingerprint density at radius 1 is 1.40 bits per heavy atom. The molecule has 20 heavy (non-hydrogen) atoms. The zero-order chi connectivity index (χ0) is 13.9. The predicted octanol–water partition coefficient (Wildman–Crippen LogP) is 4.15. The van der Waals surface area contributed by atoms with Crippen LogP contribution >= 0.6 is 34.7 Å². The Bertz CT molecular complexity index is 749. The Morgan fingerprint density at radius 2 is 2.20 bits per heavy atom. The van der Waals surface area contributed by atoms with E-state index in [-0.39, 0.29) is 0 Å². The molecular formula is C13H10ClN3OS2. The molecule has 0 aliphatic heterocycles. The van der Waals surface area contributed by atoms with Crippen LogP contribution in [0.25, 0.3) is 4.96 Å². The molecule has 0 saturated heterocycles. The van der Waals surface area contributed by atoms with Crippen LogP contribution in [0.1, 0.15) is 11.3 Å². The lowest BCUT2D eigenvalue weighted by molar-refractivity contribution is 0.321. The van der Waals surface area contributed by atoms with Gasteiger partial charge in [0, 0.05) is 22.4 Å². The molecule has 0 radical (unpaired) electrons. The standard InChI is InChI=1S/C13H10ClN3OS2/c14-10-3-1-9(2-4-10)8-20-12-11(7-15-18)17-5-6-19-13(17)16-12/h1-7,18H,8H2/b15-7+. The van der Waals surface area contributed by atoms with Crippen molar-refractivity contribution in [3.8, 4) is 0 Å². The van der Waals surface area contributed by atoms with Gasteiger partial charge in [0.25, 0.3) is 0 Å². The number of hydrogen-bond donors (Lipinski definition) is 1. The zero-order valence-corrected chi connectivity index (χ0v) is 12.6. The number of aromatic nitrogens is 2. The maximum atomic E-state index is 8.78. The average Bonchev–Trinajstić information content (AvgIpc) is 3.01. The van der Waals surface area contributed by atoms with Gasteiger partial charge in [0.1, 0.15) is 10.7 Å². The fourth-order valence-electron chi connectivity index (χ4n) is 1.79. The third kappa shape index (κ3) is 2.67. The predicted molar refractivity (Wildman–Crippen MR) is 83.5 cm³/mol. The maximum absolute atomic E-state index is 8.78. The van der Waals surface area contributed by atoms with Crippen molar-refractivity contribution in [2.24, 2.45) is 5.16 Å². The van der Waals surface area contributed by atoms with Crippen LogP contribution in [0.3, 0.4) is 0 Å². The lowest BCUT2D eigenvalue weighted by Crippen LogP contribution is -1.90. The minimum atomic E-state index is 0.731. The molecule has 3 rings (SSSR count). The molecule has 0 aliphatic carbocycles. The van der Waals surface area contributed by atoms with Gasteiger partial charge in [-0.1, -0.05) is 40.7 Å². The number of nitrogens with zero attached hydrogens (tertiary/aromatic N) is 3. The van der Waals surface area contributed by atoms with E-state index < -0.39 is 0 Å². The van der Waals surface area contributed by atoms with Crippen molar-refractivity contribution < 1.29 is 5.21 Å². The Hall–Kier alpha value is -1.50. The number of thiazole rings is 1. The number of rotatable bonds is 4. The van der Waals surface area contributed by atoms with E-state index in [0.717, 1.165) is 26.5 Å². The molecule has 4 nitrogen and oxygen atoms in total. The van der Waals surface area contributed by atoms with Gasteiger partial charge in [-0.15, -0.1) is 11.3 Å². The van der Waals surface area contributed by atoms with E-state index in [1.54, 1.807) is 23.1 Å². The summed E-state index contributed by atoms with van der Waals surface area (Å²) < 4.78 is 1.91. The average molecular weight is 324 g/mol. The molecular weight excluding hydrogens is 314 g/mol. The maximum Gasteiger partial charge on any atom is 0.195 e. The lowest BCUT2D eigenvalue weighted by Gasteiger charge is -2.00. The van der Waals surface area contributed by atoms with Crippen LogP contribution in [0.2, 0.25) is 5.02 Å². The topological polar surface area (TPSA) is 49.9 Å². The Balaban J connectivity index is 1.84. The molecule has 0 unspecified atom stereocenters. The van der Waals surface area contributed by atoms with Gasteiger partial charge < -0.3 is 5.21 Å². The van der Waals surface area contributed by atoms with Gasteiger partial charge in [0.2, 0.25) is 0 Å². The number of fused-ring (bicyclic) bond motifs is 1. The molecule has 0 atom stereocenters. The highest BCUT2D eigenvalue weighted by atomic mass is 35.5. The van der Waals surface area contributed by atoms with Gasteiger partial charge in [-0.2, -0.15) is 0 Å². The minimum absolute atomic E-state index is 0.731. The first-order valence-corrected chi connectivity index (χ1v) is 8.02. The second-order valence-electron chi connectivity index (χ2n) is 4.02. The van der Waals surface area contributed by atoms with Crippen LogP contribution in [-0.4, -0.2) is 20.8 Å². The first kappa shape index (κ1) is 13.5. The molecule has 102 valence electrons. The Morgan fingerprint density at radius 3 is 2.95 bits per heavy atom. The van der Waals surface area contributed by atoms with E-state index >= 15 is 0 Å². The van der Waals surface area contributed by atoms with Crippen LogP contribution in [-0.2, 0) is 5.75 Å². The Kier molecular flexibility index (Phi) is 3.95. The summed E-state index contributed by atoms with van der Waals surface area (Å²) in [4.78, 5) is 5.43. The van der Waals surface area contributed by atoms with Gasteiger partial charge in [-0.05, 0) is 17.7 Å². The normalized spacial score (nSPS) is 11.7. The second-order valence-corrected chi connectivity index (χ2v) is 6.29. The van der Waals surface area contributed by atoms with Crippen molar-refractivity contribution in [3.63, 3.8) is 0 Å². The number of halogens is 1. The smallest absolute Gasteiger partial charge is 0.195 e. The molecule has 0 saturated carbocycles. The molecule has 7 heteroatoms. The van der Waals surface area contributed by atoms with E-state index in [1.165, 1.54) is 11.8 Å². The molecule has 0 spiro atoms. The van der Waals surface area contributed by atoms with E-state index in [9.17, 15) is 0 Å². The number of hydrogen-bond acceptors (Lipinski definition) is 5. The highest BCUT2D eigenvalue weighted by Gasteiger charge is 2.12. The summed E-state index contributed by atoms with van der Waals surface area (Å²) in [5.74, 6) is 0.786. The molecule has 1 N–H and O–H groups in total. The molecule has 0 amide bonds. The fourth-order valence-corrected chi connectivity index (χ4v) is 3.64. The van der Waals surface area contributed by atoms with Crippen LogP contribution in [0, 0.1) is 0 Å². The third-order valence-corrected chi connectivity index (χ3v) is 4.79. The second kappa shape index (κ2) is 5.87. The monoisotopic (exact) mass is 323 g/mol. The summed E-state index contributed by atoms with van der Waals surface area (Å²) in [6.07, 6.45) is 3.33. The number of oxime groups is 1. The molecule has 3 aromatic rings. The van der Waals surface area contributed by atoms with Gasteiger partial charge in [-0.3, -0.25) is 4.40 Å². The largest absolute Gasteiger partial charge is 0.411 e. The summed E-state index contributed by atoms with van der Waals surface area (Å²) in [6.45, 7) is 0. The molecule has 2 aromatic heterocycles. The molecule has 1 aromatic carbocycles. The summed E-state index contributed by atoms with van der Waals surface area (Å²) in [7, 11) is 0. The number of benzene rings is 1. The van der Waals surface area contributed by atoms with Crippen molar-refractivity contribution >= 4 is 45.9 Å². The fraction of sp³-hybridized carbons (Fsp3) is 0.0769. The number of thioether (sulfide) groups is 1. The zero-order valence-electron chi connectivity index (χ0n) is 10.2. The van der Waals surface area contributed by atoms with Gasteiger partial charge in [0.15, 0.2) is 4.96 Å². The van der Waals surface area contributed by atoms with Gasteiger partial charge >= 0.3 is 0 Å². The minimum Gasteiger partial charge on any atom is -0.411 e. The van der Waals surface area contributed by atoms with Crippen molar-refractivity contribution in [3.05, 3.63) is 52.1 Å². The first-order valence-electron chi connectivity index (χ1n) is 5.78. The summed E-state index contributed by atoms with van der Waals surface area (Å²) in [5, 5.41) is 15.4. The lowest BCUT2D eigenvalue weighted by atomic mass is 10.2. The van der Waals surface area contributed by atoms with Crippen LogP contribution < -0.4 is 0 Å². The molecule has 0 aliphatic rings.